The molecule has 1 aliphatic heterocycles. The van der Waals surface area contributed by atoms with Crippen LogP contribution < -0.4 is 15.0 Å². The molecule has 178 valence electrons. The number of benzene rings is 2. The SMILES string of the molecule is Cc1ccc(C(C)C)c(OCC(=O)Nc2ccc(N3CCN(C(=O)C(C)(C)C)CC3)cc2)c1. The van der Waals surface area contributed by atoms with Gasteiger partial charge in [-0.3, -0.25) is 9.59 Å². The molecule has 1 saturated heterocycles. The van der Waals surface area contributed by atoms with E-state index in [0.717, 1.165) is 54.4 Å². The summed E-state index contributed by atoms with van der Waals surface area (Å²) in [6.07, 6.45) is 0. The first-order chi connectivity index (χ1) is 15.5. The molecular formula is C27H37N3O3. The van der Waals surface area contributed by atoms with Crippen LogP contribution in [-0.4, -0.2) is 49.5 Å². The summed E-state index contributed by atoms with van der Waals surface area (Å²) < 4.78 is 5.83. The zero-order valence-corrected chi connectivity index (χ0v) is 20.8. The standard InChI is InChI=1S/C27H37N3O3/c1-19(2)23-12-7-20(3)17-24(23)33-18-25(31)28-21-8-10-22(11-9-21)29-13-15-30(16-14-29)26(32)27(4,5)6/h7-12,17,19H,13-16,18H2,1-6H3,(H,28,31). The Labute approximate surface area is 197 Å². The molecule has 3 rings (SSSR count). The molecule has 2 aromatic rings. The van der Waals surface area contributed by atoms with E-state index in [-0.39, 0.29) is 23.8 Å². The number of nitrogens with one attached hydrogen (secondary N) is 1. The van der Waals surface area contributed by atoms with E-state index >= 15 is 0 Å². The molecule has 0 bridgehead atoms. The van der Waals surface area contributed by atoms with E-state index in [9.17, 15) is 9.59 Å². The summed E-state index contributed by atoms with van der Waals surface area (Å²) in [5.74, 6) is 1.10. The first kappa shape index (κ1) is 24.6. The van der Waals surface area contributed by atoms with Crippen molar-refractivity contribution in [2.24, 2.45) is 5.41 Å². The second kappa shape index (κ2) is 10.3. The highest BCUT2D eigenvalue weighted by Crippen LogP contribution is 2.27. The largest absolute Gasteiger partial charge is 0.483 e. The molecule has 1 fully saturated rings. The molecular weight excluding hydrogens is 414 g/mol. The van der Waals surface area contributed by atoms with Gasteiger partial charge in [0.25, 0.3) is 5.91 Å². The number of piperazine rings is 1. The molecule has 2 amide bonds. The number of hydrogen-bond acceptors (Lipinski definition) is 4. The third-order valence-electron chi connectivity index (χ3n) is 5.87. The van der Waals surface area contributed by atoms with Gasteiger partial charge in [-0.2, -0.15) is 0 Å². The highest BCUT2D eigenvalue weighted by molar-refractivity contribution is 5.92. The minimum atomic E-state index is -0.346. The van der Waals surface area contributed by atoms with Gasteiger partial charge in [-0.05, 0) is 54.3 Å². The molecule has 6 heteroatoms. The van der Waals surface area contributed by atoms with Crippen LogP contribution in [0.25, 0.3) is 0 Å². The number of ether oxygens (including phenoxy) is 1. The van der Waals surface area contributed by atoms with Crippen molar-refractivity contribution in [3.63, 3.8) is 0 Å². The molecule has 0 aromatic heterocycles. The van der Waals surface area contributed by atoms with Crippen LogP contribution in [0.1, 0.15) is 51.7 Å². The lowest BCUT2D eigenvalue weighted by molar-refractivity contribution is -0.139. The van der Waals surface area contributed by atoms with E-state index in [1.807, 2.05) is 62.9 Å². The van der Waals surface area contributed by atoms with Gasteiger partial charge < -0.3 is 19.9 Å². The monoisotopic (exact) mass is 451 g/mol. The van der Waals surface area contributed by atoms with Gasteiger partial charge in [0.2, 0.25) is 5.91 Å². The third kappa shape index (κ3) is 6.50. The van der Waals surface area contributed by atoms with Crippen LogP contribution in [0.15, 0.2) is 42.5 Å². The summed E-state index contributed by atoms with van der Waals surface area (Å²) in [5.41, 5.74) is 3.69. The van der Waals surface area contributed by atoms with Crippen molar-refractivity contribution in [1.82, 2.24) is 4.90 Å². The lowest BCUT2D eigenvalue weighted by Gasteiger charge is -2.38. The first-order valence-electron chi connectivity index (χ1n) is 11.7. The van der Waals surface area contributed by atoms with Crippen LogP contribution in [0.5, 0.6) is 5.75 Å². The molecule has 0 atom stereocenters. The van der Waals surface area contributed by atoms with Crippen LogP contribution in [0.3, 0.4) is 0 Å². The van der Waals surface area contributed by atoms with Crippen molar-refractivity contribution in [2.45, 2.75) is 47.5 Å². The summed E-state index contributed by atoms with van der Waals surface area (Å²) in [6.45, 7) is 15.1. The molecule has 0 unspecified atom stereocenters. The van der Waals surface area contributed by atoms with Gasteiger partial charge in [0.1, 0.15) is 5.75 Å². The lowest BCUT2D eigenvalue weighted by atomic mass is 9.94. The molecule has 0 saturated carbocycles. The number of carbonyl (C=O) groups is 2. The number of nitrogens with zero attached hydrogens (tertiary/aromatic N) is 2. The minimum Gasteiger partial charge on any atom is -0.483 e. The third-order valence-corrected chi connectivity index (χ3v) is 5.87. The second-order valence-electron chi connectivity index (χ2n) is 10.1. The van der Waals surface area contributed by atoms with Gasteiger partial charge in [-0.15, -0.1) is 0 Å². The van der Waals surface area contributed by atoms with Crippen LogP contribution in [0.4, 0.5) is 11.4 Å². The average Bonchev–Trinajstić information content (AvgIpc) is 2.77. The Hall–Kier alpha value is -3.02. The van der Waals surface area contributed by atoms with Gasteiger partial charge >= 0.3 is 0 Å². The van der Waals surface area contributed by atoms with Gasteiger partial charge in [-0.25, -0.2) is 0 Å². The van der Waals surface area contributed by atoms with E-state index in [1.165, 1.54) is 0 Å². The number of anilines is 2. The van der Waals surface area contributed by atoms with E-state index in [2.05, 4.69) is 36.2 Å². The number of rotatable bonds is 6. The highest BCUT2D eigenvalue weighted by atomic mass is 16.5. The fourth-order valence-electron chi connectivity index (χ4n) is 3.98. The smallest absolute Gasteiger partial charge is 0.262 e. The fraction of sp³-hybridized carbons (Fsp3) is 0.481. The number of hydrogen-bond donors (Lipinski definition) is 1. The van der Waals surface area contributed by atoms with E-state index in [1.54, 1.807) is 0 Å². The van der Waals surface area contributed by atoms with Crippen molar-refractivity contribution < 1.29 is 14.3 Å². The van der Waals surface area contributed by atoms with Gasteiger partial charge in [0, 0.05) is 43.0 Å². The Morgan fingerprint density at radius 3 is 2.21 bits per heavy atom. The van der Waals surface area contributed by atoms with Crippen molar-refractivity contribution in [3.05, 3.63) is 53.6 Å². The van der Waals surface area contributed by atoms with Crippen molar-refractivity contribution in [2.75, 3.05) is 43.0 Å². The molecule has 1 heterocycles. The maximum absolute atomic E-state index is 12.5. The average molecular weight is 452 g/mol. The summed E-state index contributed by atoms with van der Waals surface area (Å²) in [5, 5.41) is 2.91. The van der Waals surface area contributed by atoms with Crippen molar-refractivity contribution >= 4 is 23.2 Å². The molecule has 0 radical (unpaired) electrons. The summed E-state index contributed by atoms with van der Waals surface area (Å²) in [4.78, 5) is 29.1. The number of amides is 2. The predicted molar refractivity (Wildman–Crippen MR) is 134 cm³/mol. The van der Waals surface area contributed by atoms with Crippen LogP contribution in [0, 0.1) is 12.3 Å². The normalized spacial score (nSPS) is 14.4. The summed E-state index contributed by atoms with van der Waals surface area (Å²) in [6, 6.07) is 13.9. The molecule has 2 aromatic carbocycles. The Bertz CT molecular complexity index is 969. The van der Waals surface area contributed by atoms with Crippen LogP contribution in [0.2, 0.25) is 0 Å². The second-order valence-corrected chi connectivity index (χ2v) is 10.1. The maximum atomic E-state index is 12.5. The Balaban J connectivity index is 1.52. The van der Waals surface area contributed by atoms with E-state index in [4.69, 9.17) is 4.74 Å². The predicted octanol–water partition coefficient (Wildman–Crippen LogP) is 4.83. The van der Waals surface area contributed by atoms with Crippen LogP contribution >= 0.6 is 0 Å². The van der Waals surface area contributed by atoms with E-state index < -0.39 is 0 Å². The number of carbonyl (C=O) groups excluding carboxylic acids is 2. The quantitative estimate of drug-likeness (QED) is 0.683. The minimum absolute atomic E-state index is 0.0330. The van der Waals surface area contributed by atoms with Crippen molar-refractivity contribution in [3.8, 4) is 5.75 Å². The molecule has 1 N–H and O–H groups in total. The Morgan fingerprint density at radius 1 is 1.00 bits per heavy atom. The summed E-state index contributed by atoms with van der Waals surface area (Å²) >= 11 is 0. The maximum Gasteiger partial charge on any atom is 0.262 e. The fourth-order valence-corrected chi connectivity index (χ4v) is 3.98. The Morgan fingerprint density at radius 2 is 1.64 bits per heavy atom. The molecule has 1 aliphatic rings. The summed E-state index contributed by atoms with van der Waals surface area (Å²) in [7, 11) is 0. The van der Waals surface area contributed by atoms with Crippen molar-refractivity contribution in [1.29, 1.82) is 0 Å². The Kier molecular flexibility index (Phi) is 7.67. The number of aryl methyl sites for hydroxylation is 1. The van der Waals surface area contributed by atoms with Crippen LogP contribution in [-0.2, 0) is 9.59 Å². The topological polar surface area (TPSA) is 61.9 Å². The van der Waals surface area contributed by atoms with Gasteiger partial charge in [0.15, 0.2) is 6.61 Å². The highest BCUT2D eigenvalue weighted by Gasteiger charge is 2.29. The molecule has 0 spiro atoms. The van der Waals surface area contributed by atoms with Gasteiger partial charge in [0.05, 0.1) is 0 Å². The van der Waals surface area contributed by atoms with Gasteiger partial charge in [-0.1, -0.05) is 46.8 Å². The molecule has 6 nitrogen and oxygen atoms in total. The molecule has 0 aliphatic carbocycles. The lowest BCUT2D eigenvalue weighted by Crippen LogP contribution is -2.51. The molecule has 33 heavy (non-hydrogen) atoms. The zero-order chi connectivity index (χ0) is 24.2. The van der Waals surface area contributed by atoms with E-state index in [0.29, 0.717) is 5.92 Å². The zero-order valence-electron chi connectivity index (χ0n) is 20.8. The first-order valence-corrected chi connectivity index (χ1v) is 11.7.